The minimum atomic E-state index is -4.96. The molecule has 0 radical (unpaired) electrons. The number of aromatic nitrogens is 1. The van der Waals surface area contributed by atoms with Crippen molar-refractivity contribution >= 4 is 0 Å². The van der Waals surface area contributed by atoms with E-state index in [2.05, 4.69) is 10.7 Å². The summed E-state index contributed by atoms with van der Waals surface area (Å²) in [7, 11) is 0. The van der Waals surface area contributed by atoms with Crippen LogP contribution in [0.4, 0.5) is 26.3 Å². The molecule has 2 N–H and O–H groups in total. The van der Waals surface area contributed by atoms with E-state index in [0.29, 0.717) is 6.07 Å². The van der Waals surface area contributed by atoms with Gasteiger partial charge >= 0.3 is 12.4 Å². The lowest BCUT2D eigenvalue weighted by atomic mass is 10.1. The first-order chi connectivity index (χ1) is 7.14. The zero-order valence-corrected chi connectivity index (χ0v) is 7.60. The highest BCUT2D eigenvalue weighted by Crippen LogP contribution is 2.37. The number of hydrogen-bond donors (Lipinski definition) is 1. The molecule has 0 saturated carbocycles. The topological polar surface area (TPSA) is 38.9 Å². The van der Waals surface area contributed by atoms with E-state index >= 15 is 0 Å². The van der Waals surface area contributed by atoms with E-state index < -0.39 is 29.7 Å². The zero-order valence-electron chi connectivity index (χ0n) is 7.60. The van der Waals surface area contributed by atoms with Crippen LogP contribution in [0.15, 0.2) is 18.3 Å². The van der Waals surface area contributed by atoms with E-state index in [1.54, 1.807) is 0 Å². The third-order valence-corrected chi connectivity index (χ3v) is 1.79. The van der Waals surface area contributed by atoms with Crippen LogP contribution < -0.4 is 5.73 Å². The van der Waals surface area contributed by atoms with Gasteiger partial charge in [-0.25, -0.2) is 0 Å². The quantitative estimate of drug-likeness (QED) is 0.771. The molecule has 0 aliphatic carbocycles. The molecule has 2 nitrogen and oxygen atoms in total. The second kappa shape index (κ2) is 3.93. The van der Waals surface area contributed by atoms with Gasteiger partial charge in [-0.05, 0) is 12.1 Å². The lowest BCUT2D eigenvalue weighted by Crippen LogP contribution is -2.31. The van der Waals surface area contributed by atoms with Crippen LogP contribution in [0.25, 0.3) is 0 Å². The van der Waals surface area contributed by atoms with Gasteiger partial charge in [-0.1, -0.05) is 0 Å². The van der Waals surface area contributed by atoms with Gasteiger partial charge in [-0.3, -0.25) is 4.98 Å². The first-order valence-corrected chi connectivity index (χ1v) is 3.98. The molecule has 1 rings (SSSR count). The number of alkyl halides is 6. The van der Waals surface area contributed by atoms with Gasteiger partial charge in [-0.15, -0.1) is 0 Å². The van der Waals surface area contributed by atoms with E-state index in [4.69, 9.17) is 0 Å². The van der Waals surface area contributed by atoms with Gasteiger partial charge < -0.3 is 5.73 Å². The maximum absolute atomic E-state index is 12.3. The molecule has 1 aromatic rings. The van der Waals surface area contributed by atoms with Gasteiger partial charge in [0.05, 0.1) is 11.3 Å². The van der Waals surface area contributed by atoms with Crippen LogP contribution in [0, 0.1) is 0 Å². The summed E-state index contributed by atoms with van der Waals surface area (Å²) in [6, 6.07) is -1.34. The van der Waals surface area contributed by atoms with Gasteiger partial charge in [0.2, 0.25) is 0 Å². The van der Waals surface area contributed by atoms with Crippen molar-refractivity contribution in [2.45, 2.75) is 18.4 Å². The molecule has 1 aromatic heterocycles. The van der Waals surface area contributed by atoms with E-state index in [1.807, 2.05) is 0 Å². The molecule has 1 heterocycles. The normalized spacial score (nSPS) is 14.9. The van der Waals surface area contributed by atoms with Crippen molar-refractivity contribution in [2.24, 2.45) is 5.73 Å². The fourth-order valence-corrected chi connectivity index (χ4v) is 1.06. The second-order valence-electron chi connectivity index (χ2n) is 2.95. The smallest absolute Gasteiger partial charge is 0.315 e. The molecule has 16 heavy (non-hydrogen) atoms. The molecule has 1 unspecified atom stereocenters. The summed E-state index contributed by atoms with van der Waals surface area (Å²) in [6.45, 7) is 0. The average Bonchev–Trinajstić information content (AvgIpc) is 2.14. The summed E-state index contributed by atoms with van der Waals surface area (Å²) in [6.07, 6.45) is -9.04. The van der Waals surface area contributed by atoms with Gasteiger partial charge in [-0.2, -0.15) is 26.3 Å². The molecular formula is C8H6F6N2. The van der Waals surface area contributed by atoms with Crippen molar-refractivity contribution in [2.75, 3.05) is 0 Å². The molecule has 0 aliphatic heterocycles. The highest BCUT2D eigenvalue weighted by Gasteiger charge is 2.44. The Morgan fingerprint density at radius 1 is 1.12 bits per heavy atom. The lowest BCUT2D eigenvalue weighted by molar-refractivity contribution is -0.156. The van der Waals surface area contributed by atoms with Gasteiger partial charge in [0, 0.05) is 6.20 Å². The minimum absolute atomic E-state index is 0.508. The van der Waals surface area contributed by atoms with E-state index in [1.165, 1.54) is 0 Å². The Kier molecular flexibility index (Phi) is 3.13. The Balaban J connectivity index is 3.25. The summed E-state index contributed by atoms with van der Waals surface area (Å²) in [5.41, 5.74) is 1.99. The summed E-state index contributed by atoms with van der Waals surface area (Å²) in [5, 5.41) is 0. The molecule has 0 spiro atoms. The zero-order chi connectivity index (χ0) is 12.6. The third-order valence-electron chi connectivity index (χ3n) is 1.79. The van der Waals surface area contributed by atoms with Crippen LogP contribution in [0.1, 0.15) is 17.3 Å². The largest absolute Gasteiger partial charge is 0.418 e. The molecular weight excluding hydrogens is 238 g/mol. The predicted molar refractivity (Wildman–Crippen MR) is 42.2 cm³/mol. The van der Waals surface area contributed by atoms with Crippen LogP contribution in [-0.4, -0.2) is 11.2 Å². The Morgan fingerprint density at radius 2 is 1.69 bits per heavy atom. The van der Waals surface area contributed by atoms with Gasteiger partial charge in [0.25, 0.3) is 0 Å². The first kappa shape index (κ1) is 12.8. The van der Waals surface area contributed by atoms with E-state index in [0.717, 1.165) is 12.3 Å². The number of nitrogens with zero attached hydrogens (tertiary/aromatic N) is 1. The molecule has 0 aliphatic rings. The minimum Gasteiger partial charge on any atom is -0.315 e. The highest BCUT2D eigenvalue weighted by atomic mass is 19.4. The van der Waals surface area contributed by atoms with Crippen molar-refractivity contribution in [3.05, 3.63) is 29.6 Å². The van der Waals surface area contributed by atoms with Crippen molar-refractivity contribution in [1.82, 2.24) is 4.98 Å². The highest BCUT2D eigenvalue weighted by molar-refractivity contribution is 5.26. The number of halogens is 6. The van der Waals surface area contributed by atoms with Gasteiger partial charge in [0.15, 0.2) is 0 Å². The Labute approximate surface area is 86.1 Å². The maximum Gasteiger partial charge on any atom is 0.418 e. The van der Waals surface area contributed by atoms with Crippen LogP contribution in [0.5, 0.6) is 0 Å². The molecule has 1 atom stereocenters. The van der Waals surface area contributed by atoms with Crippen molar-refractivity contribution in [1.29, 1.82) is 0 Å². The molecule has 90 valence electrons. The molecule has 0 saturated heterocycles. The molecule has 8 heteroatoms. The molecule has 0 bridgehead atoms. The van der Waals surface area contributed by atoms with Crippen LogP contribution in [-0.2, 0) is 6.18 Å². The Bertz CT molecular complexity index is 370. The standard InChI is InChI=1S/C8H6F6N2/c9-7(10,11)4-2-1-3-16-5(4)6(15)8(12,13)14/h1-3,6H,15H2. The fraction of sp³-hybridized carbons (Fsp3) is 0.375. The average molecular weight is 244 g/mol. The van der Waals surface area contributed by atoms with Crippen LogP contribution >= 0.6 is 0 Å². The van der Waals surface area contributed by atoms with Crippen molar-refractivity contribution in [3.8, 4) is 0 Å². The van der Waals surface area contributed by atoms with Gasteiger partial charge in [0.1, 0.15) is 6.04 Å². The second-order valence-corrected chi connectivity index (χ2v) is 2.95. The molecule has 0 fully saturated rings. The number of nitrogens with two attached hydrogens (primary N) is 1. The summed E-state index contributed by atoms with van der Waals surface area (Å²) < 4.78 is 73.5. The van der Waals surface area contributed by atoms with Crippen LogP contribution in [0.3, 0.4) is 0 Å². The Morgan fingerprint density at radius 3 is 2.12 bits per heavy atom. The van der Waals surface area contributed by atoms with Crippen molar-refractivity contribution in [3.63, 3.8) is 0 Å². The summed E-state index contributed by atoms with van der Waals surface area (Å²) in [4.78, 5) is 3.05. The lowest BCUT2D eigenvalue weighted by Gasteiger charge is -2.19. The predicted octanol–water partition coefficient (Wildman–Crippen LogP) is 2.66. The first-order valence-electron chi connectivity index (χ1n) is 3.98. The molecule has 0 aromatic carbocycles. The Hall–Kier alpha value is -1.31. The SMILES string of the molecule is NC(c1ncccc1C(F)(F)F)C(F)(F)F. The van der Waals surface area contributed by atoms with Crippen LogP contribution in [0.2, 0.25) is 0 Å². The fourth-order valence-electron chi connectivity index (χ4n) is 1.06. The monoisotopic (exact) mass is 244 g/mol. The van der Waals surface area contributed by atoms with Crippen molar-refractivity contribution < 1.29 is 26.3 Å². The van der Waals surface area contributed by atoms with E-state index in [9.17, 15) is 26.3 Å². The summed E-state index contributed by atoms with van der Waals surface area (Å²) >= 11 is 0. The number of rotatable bonds is 1. The van der Waals surface area contributed by atoms with E-state index in [-0.39, 0.29) is 0 Å². The third kappa shape index (κ3) is 2.63. The number of pyridine rings is 1. The maximum atomic E-state index is 12.3. The summed E-state index contributed by atoms with van der Waals surface area (Å²) in [5.74, 6) is 0. The molecule has 0 amide bonds. The number of hydrogen-bond acceptors (Lipinski definition) is 2.